The SMILES string of the molecule is Cl.NCc1nc(C(=O)Nc2cccc(C3SCCS3)c2)cs1. The Morgan fingerprint density at radius 2 is 2.14 bits per heavy atom. The highest BCUT2D eigenvalue weighted by atomic mass is 35.5. The quantitative estimate of drug-likeness (QED) is 0.854. The Bertz CT molecular complexity index is 644. The van der Waals surface area contributed by atoms with Crippen LogP contribution < -0.4 is 11.1 Å². The Hall–Kier alpha value is -0.730. The fourth-order valence-electron chi connectivity index (χ4n) is 2.02. The molecule has 1 aliphatic rings. The molecule has 0 spiro atoms. The molecule has 3 rings (SSSR count). The van der Waals surface area contributed by atoms with Crippen molar-refractivity contribution in [3.05, 3.63) is 45.9 Å². The first-order chi connectivity index (χ1) is 10.3. The van der Waals surface area contributed by atoms with E-state index < -0.39 is 0 Å². The smallest absolute Gasteiger partial charge is 0.275 e. The van der Waals surface area contributed by atoms with Crippen LogP contribution in [0.5, 0.6) is 0 Å². The zero-order valence-corrected chi connectivity index (χ0v) is 14.9. The monoisotopic (exact) mass is 373 g/mol. The number of halogens is 1. The lowest BCUT2D eigenvalue weighted by Crippen LogP contribution is -2.12. The molecular formula is C14H16ClN3OS3. The molecule has 4 nitrogen and oxygen atoms in total. The number of hydrogen-bond donors (Lipinski definition) is 2. The van der Waals surface area contributed by atoms with Crippen molar-refractivity contribution in [2.24, 2.45) is 5.73 Å². The van der Waals surface area contributed by atoms with Gasteiger partial charge in [-0.25, -0.2) is 4.98 Å². The van der Waals surface area contributed by atoms with Crippen LogP contribution in [0.25, 0.3) is 0 Å². The van der Waals surface area contributed by atoms with Gasteiger partial charge in [-0.2, -0.15) is 0 Å². The van der Waals surface area contributed by atoms with E-state index in [1.807, 2.05) is 41.7 Å². The van der Waals surface area contributed by atoms with E-state index in [2.05, 4.69) is 16.4 Å². The van der Waals surface area contributed by atoms with Crippen molar-refractivity contribution in [3.63, 3.8) is 0 Å². The van der Waals surface area contributed by atoms with Crippen molar-refractivity contribution in [2.75, 3.05) is 16.8 Å². The number of hydrogen-bond acceptors (Lipinski definition) is 6. The zero-order valence-electron chi connectivity index (χ0n) is 11.7. The molecule has 2 aromatic rings. The molecule has 2 heterocycles. The predicted octanol–water partition coefficient (Wildman–Crippen LogP) is 3.75. The van der Waals surface area contributed by atoms with E-state index in [0.29, 0.717) is 16.8 Å². The number of benzene rings is 1. The van der Waals surface area contributed by atoms with E-state index in [1.165, 1.54) is 28.4 Å². The second kappa shape index (κ2) is 8.21. The van der Waals surface area contributed by atoms with Crippen LogP contribution in [0, 0.1) is 0 Å². The fourth-order valence-corrected chi connectivity index (χ4v) is 5.51. The topological polar surface area (TPSA) is 68.0 Å². The molecule has 1 saturated heterocycles. The summed E-state index contributed by atoms with van der Waals surface area (Å²) in [7, 11) is 0. The second-order valence-corrected chi connectivity index (χ2v) is 8.15. The van der Waals surface area contributed by atoms with Crippen LogP contribution in [0.1, 0.15) is 25.6 Å². The summed E-state index contributed by atoms with van der Waals surface area (Å²) >= 11 is 5.31. The number of anilines is 1. The summed E-state index contributed by atoms with van der Waals surface area (Å²) in [6.45, 7) is 0.365. The molecule has 22 heavy (non-hydrogen) atoms. The highest BCUT2D eigenvalue weighted by Crippen LogP contribution is 2.45. The third-order valence-electron chi connectivity index (χ3n) is 3.00. The van der Waals surface area contributed by atoms with E-state index in [0.717, 1.165) is 10.7 Å². The summed E-state index contributed by atoms with van der Waals surface area (Å²) in [5.41, 5.74) is 8.01. The Balaban J connectivity index is 0.00000176. The lowest BCUT2D eigenvalue weighted by Gasteiger charge is -2.10. The first-order valence-corrected chi connectivity index (χ1v) is 9.53. The lowest BCUT2D eigenvalue weighted by atomic mass is 10.2. The van der Waals surface area contributed by atoms with Crippen LogP contribution in [0.15, 0.2) is 29.6 Å². The van der Waals surface area contributed by atoms with E-state index in [9.17, 15) is 4.79 Å². The minimum atomic E-state index is -0.185. The maximum absolute atomic E-state index is 12.2. The number of thiazole rings is 1. The molecule has 0 saturated carbocycles. The molecular weight excluding hydrogens is 358 g/mol. The van der Waals surface area contributed by atoms with Gasteiger partial charge in [-0.15, -0.1) is 47.3 Å². The average molecular weight is 374 g/mol. The van der Waals surface area contributed by atoms with E-state index in [1.54, 1.807) is 5.38 Å². The van der Waals surface area contributed by atoms with Crippen molar-refractivity contribution in [2.45, 2.75) is 11.1 Å². The van der Waals surface area contributed by atoms with E-state index >= 15 is 0 Å². The molecule has 3 N–H and O–H groups in total. The Kier molecular flexibility index (Phi) is 6.58. The van der Waals surface area contributed by atoms with Gasteiger partial charge < -0.3 is 11.1 Å². The molecule has 118 valence electrons. The number of nitrogens with one attached hydrogen (secondary N) is 1. The molecule has 0 bridgehead atoms. The molecule has 0 atom stereocenters. The van der Waals surface area contributed by atoms with Gasteiger partial charge in [0.25, 0.3) is 5.91 Å². The van der Waals surface area contributed by atoms with Gasteiger partial charge in [-0.05, 0) is 17.7 Å². The number of rotatable bonds is 4. The van der Waals surface area contributed by atoms with Gasteiger partial charge in [0.2, 0.25) is 0 Å². The van der Waals surface area contributed by atoms with Crippen LogP contribution in [-0.4, -0.2) is 22.4 Å². The van der Waals surface area contributed by atoms with Crippen molar-refractivity contribution < 1.29 is 4.79 Å². The maximum Gasteiger partial charge on any atom is 0.275 e. The Morgan fingerprint density at radius 1 is 1.36 bits per heavy atom. The third-order valence-corrected chi connectivity index (χ3v) is 6.97. The fraction of sp³-hybridized carbons (Fsp3) is 0.286. The number of aromatic nitrogens is 1. The molecule has 1 aliphatic heterocycles. The summed E-state index contributed by atoms with van der Waals surface area (Å²) in [4.78, 5) is 16.4. The summed E-state index contributed by atoms with van der Waals surface area (Å²) in [5, 5.41) is 5.42. The van der Waals surface area contributed by atoms with Gasteiger partial charge >= 0.3 is 0 Å². The number of carbonyl (C=O) groups is 1. The van der Waals surface area contributed by atoms with Crippen molar-refractivity contribution in [1.29, 1.82) is 0 Å². The van der Waals surface area contributed by atoms with Crippen LogP contribution in [0.3, 0.4) is 0 Å². The lowest BCUT2D eigenvalue weighted by molar-refractivity contribution is 0.102. The third kappa shape index (κ3) is 4.17. The van der Waals surface area contributed by atoms with Gasteiger partial charge in [0.1, 0.15) is 10.7 Å². The van der Waals surface area contributed by atoms with Gasteiger partial charge in [-0.3, -0.25) is 4.79 Å². The highest BCUT2D eigenvalue weighted by molar-refractivity contribution is 8.19. The molecule has 0 aliphatic carbocycles. The van der Waals surface area contributed by atoms with Crippen molar-refractivity contribution in [1.82, 2.24) is 4.98 Å². The standard InChI is InChI=1S/C14H15N3OS3.ClH/c15-7-12-17-11(8-21-12)13(18)16-10-3-1-2-9(6-10)14-19-4-5-20-14;/h1-3,6,8,14H,4-5,7,15H2,(H,16,18);1H. The maximum atomic E-state index is 12.2. The first kappa shape index (κ1) is 17.6. The van der Waals surface area contributed by atoms with Crippen LogP contribution >= 0.6 is 47.3 Å². The molecule has 1 aromatic heterocycles. The second-order valence-electron chi connectivity index (χ2n) is 4.48. The average Bonchev–Trinajstić information content (AvgIpc) is 3.19. The largest absolute Gasteiger partial charge is 0.325 e. The Labute approximate surface area is 148 Å². The van der Waals surface area contributed by atoms with Crippen LogP contribution in [0.4, 0.5) is 5.69 Å². The van der Waals surface area contributed by atoms with Crippen LogP contribution in [-0.2, 0) is 6.54 Å². The number of nitrogens with two attached hydrogens (primary N) is 1. The van der Waals surface area contributed by atoms with Gasteiger partial charge in [0, 0.05) is 29.1 Å². The number of nitrogens with zero attached hydrogens (tertiary/aromatic N) is 1. The minimum Gasteiger partial charge on any atom is -0.325 e. The van der Waals surface area contributed by atoms with Crippen molar-refractivity contribution >= 4 is 58.9 Å². The number of amides is 1. The molecule has 1 amide bonds. The summed E-state index contributed by atoms with van der Waals surface area (Å²) in [6.07, 6.45) is 0. The van der Waals surface area contributed by atoms with Gasteiger partial charge in [0.15, 0.2) is 0 Å². The first-order valence-electron chi connectivity index (χ1n) is 6.55. The number of thioether (sulfide) groups is 2. The summed E-state index contributed by atoms with van der Waals surface area (Å²) in [5.74, 6) is 2.19. The van der Waals surface area contributed by atoms with Crippen LogP contribution in [0.2, 0.25) is 0 Å². The normalized spacial score (nSPS) is 14.6. The zero-order chi connectivity index (χ0) is 14.7. The van der Waals surface area contributed by atoms with E-state index in [4.69, 9.17) is 5.73 Å². The molecule has 1 aromatic carbocycles. The predicted molar refractivity (Wildman–Crippen MR) is 99.3 cm³/mol. The highest BCUT2D eigenvalue weighted by Gasteiger charge is 2.18. The Morgan fingerprint density at radius 3 is 2.82 bits per heavy atom. The van der Waals surface area contributed by atoms with Crippen molar-refractivity contribution in [3.8, 4) is 0 Å². The molecule has 8 heteroatoms. The summed E-state index contributed by atoms with van der Waals surface area (Å²) < 4.78 is 0.477. The number of carbonyl (C=O) groups excluding carboxylic acids is 1. The molecule has 0 unspecified atom stereocenters. The minimum absolute atomic E-state index is 0. The summed E-state index contributed by atoms with van der Waals surface area (Å²) in [6, 6.07) is 8.05. The van der Waals surface area contributed by atoms with E-state index in [-0.39, 0.29) is 18.3 Å². The molecule has 0 radical (unpaired) electrons. The molecule has 1 fully saturated rings. The van der Waals surface area contributed by atoms with Gasteiger partial charge in [0.05, 0.1) is 4.58 Å². The van der Waals surface area contributed by atoms with Gasteiger partial charge in [-0.1, -0.05) is 12.1 Å².